The first kappa shape index (κ1) is 10.3. The van der Waals surface area contributed by atoms with Crippen LogP contribution in [0.4, 0.5) is 0 Å². The van der Waals surface area contributed by atoms with Crippen molar-refractivity contribution in [3.63, 3.8) is 0 Å². The van der Waals surface area contributed by atoms with Gasteiger partial charge in [-0.15, -0.1) is 0 Å². The van der Waals surface area contributed by atoms with Gasteiger partial charge in [-0.3, -0.25) is 5.10 Å². The maximum Gasteiger partial charge on any atom is 0.0593 e. The third-order valence-corrected chi connectivity index (χ3v) is 2.04. The summed E-state index contributed by atoms with van der Waals surface area (Å²) in [6.45, 7) is 6.45. The standard InChI is InChI=1S/C5H8N2.C5H11N/c1-4-3-5(2)7-6-4;1-2-4-6-5-3-1/h3H,1-2H3,(H,6,7);6H,1-5H2. The molecule has 74 valence electrons. The Morgan fingerprint density at radius 2 is 1.85 bits per heavy atom. The predicted molar refractivity (Wildman–Crippen MR) is 54.8 cm³/mol. The minimum atomic E-state index is 1.05. The number of aryl methyl sites for hydroxylation is 2. The molecule has 1 aliphatic rings. The van der Waals surface area contributed by atoms with Crippen molar-refractivity contribution in [3.8, 4) is 0 Å². The van der Waals surface area contributed by atoms with Gasteiger partial charge in [-0.05, 0) is 45.8 Å². The molecule has 0 aliphatic carbocycles. The molecular formula is C10H19N3. The normalized spacial score (nSPS) is 16.2. The monoisotopic (exact) mass is 181 g/mol. The summed E-state index contributed by atoms with van der Waals surface area (Å²) in [7, 11) is 0. The lowest BCUT2D eigenvalue weighted by Gasteiger charge is -2.08. The number of aromatic amines is 1. The van der Waals surface area contributed by atoms with Crippen LogP contribution in [0.25, 0.3) is 0 Å². The molecule has 0 unspecified atom stereocenters. The highest BCUT2D eigenvalue weighted by Gasteiger charge is 1.93. The molecule has 3 nitrogen and oxygen atoms in total. The largest absolute Gasteiger partial charge is 0.317 e. The molecule has 1 fully saturated rings. The Hall–Kier alpha value is -0.830. The Morgan fingerprint density at radius 3 is 2.00 bits per heavy atom. The van der Waals surface area contributed by atoms with Crippen LogP contribution >= 0.6 is 0 Å². The Morgan fingerprint density at radius 1 is 1.15 bits per heavy atom. The summed E-state index contributed by atoms with van der Waals surface area (Å²) in [6, 6.07) is 2.00. The van der Waals surface area contributed by atoms with Crippen molar-refractivity contribution in [2.45, 2.75) is 33.1 Å². The van der Waals surface area contributed by atoms with Gasteiger partial charge in [0.1, 0.15) is 0 Å². The molecule has 13 heavy (non-hydrogen) atoms. The maximum atomic E-state index is 3.89. The van der Waals surface area contributed by atoms with E-state index >= 15 is 0 Å². The third-order valence-electron chi connectivity index (χ3n) is 2.04. The number of piperidine rings is 1. The molecule has 1 saturated heterocycles. The van der Waals surface area contributed by atoms with Gasteiger partial charge >= 0.3 is 0 Å². The van der Waals surface area contributed by atoms with E-state index in [0.29, 0.717) is 0 Å². The van der Waals surface area contributed by atoms with Gasteiger partial charge < -0.3 is 5.32 Å². The molecule has 0 amide bonds. The van der Waals surface area contributed by atoms with Gasteiger partial charge in [0.15, 0.2) is 0 Å². The molecule has 0 bridgehead atoms. The predicted octanol–water partition coefficient (Wildman–Crippen LogP) is 1.79. The van der Waals surface area contributed by atoms with Gasteiger partial charge in [-0.2, -0.15) is 5.10 Å². The summed E-state index contributed by atoms with van der Waals surface area (Å²) in [5.41, 5.74) is 2.18. The van der Waals surface area contributed by atoms with Gasteiger partial charge in [-0.25, -0.2) is 0 Å². The Bertz CT molecular complexity index is 198. The highest BCUT2D eigenvalue weighted by atomic mass is 15.1. The molecule has 0 atom stereocenters. The van der Waals surface area contributed by atoms with Crippen molar-refractivity contribution in [1.29, 1.82) is 0 Å². The number of aromatic nitrogens is 2. The van der Waals surface area contributed by atoms with Crippen LogP contribution in [0.5, 0.6) is 0 Å². The van der Waals surface area contributed by atoms with Gasteiger partial charge in [-0.1, -0.05) is 6.42 Å². The lowest BCUT2D eigenvalue weighted by molar-refractivity contribution is 0.520. The van der Waals surface area contributed by atoms with Gasteiger partial charge in [0.05, 0.1) is 5.69 Å². The van der Waals surface area contributed by atoms with Crippen LogP contribution in [-0.2, 0) is 0 Å². The fourth-order valence-corrected chi connectivity index (χ4v) is 1.36. The minimum absolute atomic E-state index is 1.05. The summed E-state index contributed by atoms with van der Waals surface area (Å²) in [4.78, 5) is 0. The first-order valence-corrected chi connectivity index (χ1v) is 4.98. The van der Waals surface area contributed by atoms with Crippen molar-refractivity contribution < 1.29 is 0 Å². The second-order valence-corrected chi connectivity index (χ2v) is 3.50. The minimum Gasteiger partial charge on any atom is -0.317 e. The lowest BCUT2D eigenvalue weighted by atomic mass is 10.2. The second kappa shape index (κ2) is 5.75. The average molecular weight is 181 g/mol. The number of hydrogen-bond donors (Lipinski definition) is 2. The smallest absolute Gasteiger partial charge is 0.0593 e. The Kier molecular flexibility index (Phi) is 4.54. The molecule has 1 aromatic heterocycles. The Balaban J connectivity index is 0.000000132. The van der Waals surface area contributed by atoms with Gasteiger partial charge in [0, 0.05) is 5.69 Å². The highest BCUT2D eigenvalue weighted by Crippen LogP contribution is 1.96. The summed E-state index contributed by atoms with van der Waals surface area (Å²) in [5, 5.41) is 9.99. The SMILES string of the molecule is C1CCNCC1.Cc1cc(C)[nH]n1. The van der Waals surface area contributed by atoms with Crippen molar-refractivity contribution >= 4 is 0 Å². The average Bonchev–Trinajstić information content (AvgIpc) is 2.54. The summed E-state index contributed by atoms with van der Waals surface area (Å²) in [6.07, 6.45) is 4.22. The van der Waals surface area contributed by atoms with E-state index in [9.17, 15) is 0 Å². The van der Waals surface area contributed by atoms with E-state index in [2.05, 4.69) is 15.5 Å². The van der Waals surface area contributed by atoms with Crippen LogP contribution in [0.2, 0.25) is 0 Å². The molecule has 0 saturated carbocycles. The van der Waals surface area contributed by atoms with E-state index < -0.39 is 0 Å². The molecule has 0 aromatic carbocycles. The molecule has 2 N–H and O–H groups in total. The number of nitrogens with one attached hydrogen (secondary N) is 2. The second-order valence-electron chi connectivity index (χ2n) is 3.50. The number of nitrogens with zero attached hydrogens (tertiary/aromatic N) is 1. The summed E-state index contributed by atoms with van der Waals surface area (Å²) in [5.74, 6) is 0. The van der Waals surface area contributed by atoms with E-state index in [-0.39, 0.29) is 0 Å². The number of H-pyrrole nitrogens is 1. The van der Waals surface area contributed by atoms with Gasteiger partial charge in [0.25, 0.3) is 0 Å². The van der Waals surface area contributed by atoms with Crippen molar-refractivity contribution in [2.75, 3.05) is 13.1 Å². The summed E-state index contributed by atoms with van der Waals surface area (Å²) < 4.78 is 0. The lowest BCUT2D eigenvalue weighted by Crippen LogP contribution is -2.21. The molecule has 1 aromatic rings. The molecule has 2 rings (SSSR count). The van der Waals surface area contributed by atoms with Crippen LogP contribution in [0, 0.1) is 13.8 Å². The highest BCUT2D eigenvalue weighted by molar-refractivity contribution is 5.03. The zero-order valence-electron chi connectivity index (χ0n) is 8.56. The zero-order chi connectivity index (χ0) is 9.52. The zero-order valence-corrected chi connectivity index (χ0v) is 8.56. The quantitative estimate of drug-likeness (QED) is 0.640. The van der Waals surface area contributed by atoms with Crippen LogP contribution in [0.1, 0.15) is 30.7 Å². The van der Waals surface area contributed by atoms with Crippen LogP contribution < -0.4 is 5.32 Å². The first-order valence-electron chi connectivity index (χ1n) is 4.98. The molecule has 1 aliphatic heterocycles. The molecule has 3 heteroatoms. The van der Waals surface area contributed by atoms with E-state index in [1.54, 1.807) is 0 Å². The third kappa shape index (κ3) is 4.68. The van der Waals surface area contributed by atoms with E-state index in [1.807, 2.05) is 19.9 Å². The Labute approximate surface area is 79.9 Å². The van der Waals surface area contributed by atoms with Crippen LogP contribution in [0.15, 0.2) is 6.07 Å². The van der Waals surface area contributed by atoms with E-state index in [1.165, 1.54) is 32.4 Å². The molecule has 0 radical (unpaired) electrons. The molecule has 0 spiro atoms. The fraction of sp³-hybridized carbons (Fsp3) is 0.700. The van der Waals surface area contributed by atoms with Crippen LogP contribution in [-0.4, -0.2) is 23.3 Å². The van der Waals surface area contributed by atoms with Gasteiger partial charge in [0.2, 0.25) is 0 Å². The molecular weight excluding hydrogens is 162 g/mol. The number of hydrogen-bond acceptors (Lipinski definition) is 2. The molecule has 2 heterocycles. The van der Waals surface area contributed by atoms with E-state index in [4.69, 9.17) is 0 Å². The topological polar surface area (TPSA) is 40.7 Å². The number of rotatable bonds is 0. The maximum absolute atomic E-state index is 3.89. The van der Waals surface area contributed by atoms with E-state index in [0.717, 1.165) is 11.4 Å². The van der Waals surface area contributed by atoms with Crippen LogP contribution in [0.3, 0.4) is 0 Å². The van der Waals surface area contributed by atoms with Crippen molar-refractivity contribution in [2.24, 2.45) is 0 Å². The first-order chi connectivity index (χ1) is 6.29. The van der Waals surface area contributed by atoms with Crippen molar-refractivity contribution in [3.05, 3.63) is 17.5 Å². The summed E-state index contributed by atoms with van der Waals surface area (Å²) >= 11 is 0. The van der Waals surface area contributed by atoms with Crippen molar-refractivity contribution in [1.82, 2.24) is 15.5 Å². The fourth-order valence-electron chi connectivity index (χ4n) is 1.36.